The summed E-state index contributed by atoms with van der Waals surface area (Å²) in [5, 5.41) is 0. The minimum Gasteiger partial charge on any atom is -0.315 e. The van der Waals surface area contributed by atoms with Crippen molar-refractivity contribution in [3.63, 3.8) is 0 Å². The summed E-state index contributed by atoms with van der Waals surface area (Å²) in [5.41, 5.74) is 2.06. The second kappa shape index (κ2) is 3.68. The molecule has 0 aromatic rings. The van der Waals surface area contributed by atoms with Crippen molar-refractivity contribution in [2.45, 2.75) is 13.8 Å². The predicted molar refractivity (Wildman–Crippen MR) is 34.9 cm³/mol. The molecule has 0 aliphatic carbocycles. The summed E-state index contributed by atoms with van der Waals surface area (Å²) in [6.45, 7) is 3.34. The molecular formula is C5H9O3P. The summed E-state index contributed by atoms with van der Waals surface area (Å²) in [7, 11) is -3.55. The van der Waals surface area contributed by atoms with Crippen LogP contribution in [0.4, 0.5) is 0 Å². The van der Waals surface area contributed by atoms with Gasteiger partial charge in [0.2, 0.25) is 0 Å². The molecule has 1 N–H and O–H groups in total. The van der Waals surface area contributed by atoms with Crippen molar-refractivity contribution < 1.29 is 14.0 Å². The van der Waals surface area contributed by atoms with Gasteiger partial charge in [0.15, 0.2) is 0 Å². The summed E-state index contributed by atoms with van der Waals surface area (Å²) in [6.07, 6.45) is 0. The average Bonchev–Trinajstić information content (AvgIpc) is 1.64. The van der Waals surface area contributed by atoms with E-state index in [1.54, 1.807) is 6.92 Å². The zero-order valence-corrected chi connectivity index (χ0v) is 6.31. The quantitative estimate of drug-likeness (QED) is 0.472. The molecule has 0 fully saturated rings. The predicted octanol–water partition coefficient (Wildman–Crippen LogP) is 1.19. The fourth-order valence-electron chi connectivity index (χ4n) is 0.349. The molecule has 1 atom stereocenters. The first kappa shape index (κ1) is 8.71. The Balaban J connectivity index is 3.98. The van der Waals surface area contributed by atoms with Crippen molar-refractivity contribution in [2.75, 3.05) is 6.61 Å². The van der Waals surface area contributed by atoms with Gasteiger partial charge in [0, 0.05) is 5.66 Å². The third-order valence-electron chi connectivity index (χ3n) is 0.557. The Kier molecular flexibility index (Phi) is 3.56. The molecular weight excluding hydrogens is 139 g/mol. The normalized spacial score (nSPS) is 15.4. The van der Waals surface area contributed by atoms with E-state index in [1.165, 1.54) is 6.92 Å². The minimum atomic E-state index is -3.55. The molecule has 0 saturated carbocycles. The number of hydrogen-bond acceptors (Lipinski definition) is 2. The van der Waals surface area contributed by atoms with E-state index in [0.29, 0.717) is 0 Å². The lowest BCUT2D eigenvalue weighted by Crippen LogP contribution is -1.84. The first-order valence-corrected chi connectivity index (χ1v) is 4.11. The third-order valence-corrected chi connectivity index (χ3v) is 1.67. The van der Waals surface area contributed by atoms with Crippen molar-refractivity contribution in [1.82, 2.24) is 0 Å². The van der Waals surface area contributed by atoms with Crippen LogP contribution in [0.5, 0.6) is 0 Å². The monoisotopic (exact) mass is 148 g/mol. The highest BCUT2D eigenvalue weighted by Gasteiger charge is 2.12. The molecule has 0 heterocycles. The Morgan fingerprint density at radius 3 is 2.67 bits per heavy atom. The van der Waals surface area contributed by atoms with Crippen LogP contribution in [-0.2, 0) is 9.09 Å². The molecule has 3 nitrogen and oxygen atoms in total. The highest BCUT2D eigenvalue weighted by atomic mass is 31.2. The zero-order chi connectivity index (χ0) is 7.33. The Morgan fingerprint density at radius 1 is 1.78 bits per heavy atom. The Hall–Kier alpha value is -0.290. The second-order valence-corrected chi connectivity index (χ2v) is 2.82. The van der Waals surface area contributed by atoms with Gasteiger partial charge < -0.3 is 4.89 Å². The molecule has 4 heteroatoms. The summed E-state index contributed by atoms with van der Waals surface area (Å²) in [5.74, 6) is 2.30. The van der Waals surface area contributed by atoms with Crippen LogP contribution in [0.3, 0.4) is 0 Å². The van der Waals surface area contributed by atoms with Gasteiger partial charge in [-0.1, -0.05) is 5.92 Å². The third kappa shape index (κ3) is 4.23. The molecule has 0 aromatic heterocycles. The Bertz CT molecular complexity index is 176. The number of rotatable bonds is 2. The standard InChI is InChI=1S/C5H9O3P/c1-3-5-9(6,7)8-4-2/h4H2,1-2H3,(H,6,7). The molecule has 0 saturated heterocycles. The maximum Gasteiger partial charge on any atom is 0.402 e. The highest BCUT2D eigenvalue weighted by molar-refractivity contribution is 7.58. The summed E-state index contributed by atoms with van der Waals surface area (Å²) >= 11 is 0. The lowest BCUT2D eigenvalue weighted by Gasteiger charge is -1.99. The summed E-state index contributed by atoms with van der Waals surface area (Å²) < 4.78 is 15.0. The molecule has 0 bridgehead atoms. The molecule has 0 aromatic carbocycles. The average molecular weight is 148 g/mol. The van der Waals surface area contributed by atoms with E-state index in [2.05, 4.69) is 16.1 Å². The van der Waals surface area contributed by atoms with Gasteiger partial charge in [-0.3, -0.25) is 4.52 Å². The first-order valence-electron chi connectivity index (χ1n) is 2.53. The van der Waals surface area contributed by atoms with E-state index in [9.17, 15) is 4.57 Å². The molecule has 1 unspecified atom stereocenters. The van der Waals surface area contributed by atoms with E-state index in [0.717, 1.165) is 0 Å². The SMILES string of the molecule is CC#CP(=O)(O)OCC. The molecule has 9 heavy (non-hydrogen) atoms. The van der Waals surface area contributed by atoms with Crippen LogP contribution in [0.15, 0.2) is 0 Å². The van der Waals surface area contributed by atoms with Crippen molar-refractivity contribution in [1.29, 1.82) is 0 Å². The van der Waals surface area contributed by atoms with Gasteiger partial charge in [-0.05, 0) is 13.8 Å². The van der Waals surface area contributed by atoms with Gasteiger partial charge >= 0.3 is 7.60 Å². The molecule has 0 aliphatic heterocycles. The van der Waals surface area contributed by atoms with Crippen LogP contribution >= 0.6 is 7.60 Å². The van der Waals surface area contributed by atoms with Gasteiger partial charge in [0.1, 0.15) is 0 Å². The maximum atomic E-state index is 10.6. The molecule has 0 spiro atoms. The first-order chi connectivity index (χ1) is 4.12. The van der Waals surface area contributed by atoms with Crippen LogP contribution in [0, 0.1) is 11.6 Å². The fourth-order valence-corrected chi connectivity index (χ4v) is 1.05. The van der Waals surface area contributed by atoms with E-state index in [4.69, 9.17) is 4.89 Å². The van der Waals surface area contributed by atoms with Crippen LogP contribution in [0.25, 0.3) is 0 Å². The van der Waals surface area contributed by atoms with Crippen molar-refractivity contribution in [2.24, 2.45) is 0 Å². The van der Waals surface area contributed by atoms with Crippen LogP contribution in [0.2, 0.25) is 0 Å². The van der Waals surface area contributed by atoms with Gasteiger partial charge in [-0.2, -0.15) is 0 Å². The van der Waals surface area contributed by atoms with Crippen molar-refractivity contribution in [3.8, 4) is 11.6 Å². The van der Waals surface area contributed by atoms with Crippen molar-refractivity contribution >= 4 is 7.60 Å². The lowest BCUT2D eigenvalue weighted by atomic mass is 10.9. The topological polar surface area (TPSA) is 46.5 Å². The number of hydrogen-bond donors (Lipinski definition) is 1. The largest absolute Gasteiger partial charge is 0.402 e. The molecule has 0 radical (unpaired) electrons. The van der Waals surface area contributed by atoms with E-state index in [-0.39, 0.29) is 6.61 Å². The van der Waals surface area contributed by atoms with E-state index < -0.39 is 7.60 Å². The molecule has 0 rings (SSSR count). The Labute approximate surface area is 54.6 Å². The second-order valence-electron chi connectivity index (χ2n) is 1.30. The summed E-state index contributed by atoms with van der Waals surface area (Å²) in [6, 6.07) is 0. The van der Waals surface area contributed by atoms with Gasteiger partial charge in [0.25, 0.3) is 0 Å². The minimum absolute atomic E-state index is 0.211. The maximum absolute atomic E-state index is 10.6. The van der Waals surface area contributed by atoms with Gasteiger partial charge in [-0.15, -0.1) is 0 Å². The Morgan fingerprint density at radius 2 is 2.33 bits per heavy atom. The molecule has 0 amide bonds. The van der Waals surface area contributed by atoms with Gasteiger partial charge in [0.05, 0.1) is 6.61 Å². The van der Waals surface area contributed by atoms with Crippen molar-refractivity contribution in [3.05, 3.63) is 0 Å². The summed E-state index contributed by atoms with van der Waals surface area (Å²) in [4.78, 5) is 8.67. The fraction of sp³-hybridized carbons (Fsp3) is 0.600. The highest BCUT2D eigenvalue weighted by Crippen LogP contribution is 2.39. The van der Waals surface area contributed by atoms with E-state index in [1.807, 2.05) is 0 Å². The molecule has 52 valence electrons. The zero-order valence-electron chi connectivity index (χ0n) is 5.42. The van der Waals surface area contributed by atoms with Crippen LogP contribution in [0.1, 0.15) is 13.8 Å². The smallest absolute Gasteiger partial charge is 0.315 e. The van der Waals surface area contributed by atoms with Crippen LogP contribution < -0.4 is 0 Å². The molecule has 0 aliphatic rings. The van der Waals surface area contributed by atoms with Crippen LogP contribution in [-0.4, -0.2) is 11.5 Å². The lowest BCUT2D eigenvalue weighted by molar-refractivity contribution is 0.285. The van der Waals surface area contributed by atoms with Gasteiger partial charge in [-0.25, -0.2) is 4.57 Å². The van der Waals surface area contributed by atoms with E-state index >= 15 is 0 Å².